The molecule has 0 aromatic heterocycles. The summed E-state index contributed by atoms with van der Waals surface area (Å²) in [6, 6.07) is 6.45. The van der Waals surface area contributed by atoms with Gasteiger partial charge >= 0.3 is 0 Å². The van der Waals surface area contributed by atoms with Gasteiger partial charge in [0.15, 0.2) is 5.96 Å². The normalized spacial score (nSPS) is 18.5. The zero-order valence-corrected chi connectivity index (χ0v) is 13.1. The van der Waals surface area contributed by atoms with Crippen molar-refractivity contribution in [2.75, 3.05) is 62.8 Å². The smallest absolute Gasteiger partial charge is 0.198 e. The van der Waals surface area contributed by atoms with Crippen LogP contribution in [0.25, 0.3) is 0 Å². The summed E-state index contributed by atoms with van der Waals surface area (Å²) in [5, 5.41) is 12.6. The van der Waals surface area contributed by atoms with Gasteiger partial charge in [-0.1, -0.05) is 6.07 Å². The third-order valence-electron chi connectivity index (χ3n) is 4.05. The topological polar surface area (TPSA) is 60.3 Å². The van der Waals surface area contributed by atoms with Crippen molar-refractivity contribution in [3.8, 4) is 0 Å². The largest absolute Gasteiger partial charge is 0.395 e. The minimum Gasteiger partial charge on any atom is -0.395 e. The van der Waals surface area contributed by atoms with Gasteiger partial charge in [0.05, 0.1) is 37.7 Å². The summed E-state index contributed by atoms with van der Waals surface area (Å²) >= 11 is 0. The summed E-state index contributed by atoms with van der Waals surface area (Å²) in [5.74, 6) is 0.856. The van der Waals surface area contributed by atoms with E-state index in [1.807, 2.05) is 0 Å². The summed E-state index contributed by atoms with van der Waals surface area (Å²) in [6.07, 6.45) is 0. The van der Waals surface area contributed by atoms with E-state index in [1.165, 1.54) is 11.3 Å². The Morgan fingerprint density at radius 1 is 1.27 bits per heavy atom. The number of anilines is 2. The molecule has 0 aliphatic carbocycles. The Hall–Kier alpha value is -1.79. The number of rotatable bonds is 4. The van der Waals surface area contributed by atoms with Gasteiger partial charge in [-0.2, -0.15) is 0 Å². The molecule has 2 heterocycles. The molecule has 6 heteroatoms. The molecule has 2 aliphatic heterocycles. The molecule has 6 nitrogen and oxygen atoms in total. The molecule has 1 aromatic carbocycles. The predicted molar refractivity (Wildman–Crippen MR) is 88.8 cm³/mol. The lowest BCUT2D eigenvalue weighted by Gasteiger charge is -2.31. The first-order valence-corrected chi connectivity index (χ1v) is 7.88. The van der Waals surface area contributed by atoms with E-state index in [0.29, 0.717) is 6.54 Å². The maximum Gasteiger partial charge on any atom is 0.198 e. The Balaban J connectivity index is 1.81. The molecular weight excluding hydrogens is 280 g/mol. The summed E-state index contributed by atoms with van der Waals surface area (Å²) in [4.78, 5) is 8.96. The second kappa shape index (κ2) is 6.98. The monoisotopic (exact) mass is 304 g/mol. The highest BCUT2D eigenvalue weighted by Gasteiger charge is 2.20. The number of benzene rings is 1. The van der Waals surface area contributed by atoms with Crippen molar-refractivity contribution in [1.82, 2.24) is 4.90 Å². The van der Waals surface area contributed by atoms with Gasteiger partial charge in [-0.3, -0.25) is 4.99 Å². The third kappa shape index (κ3) is 3.34. The minimum absolute atomic E-state index is 0.144. The van der Waals surface area contributed by atoms with E-state index in [4.69, 9.17) is 9.84 Å². The van der Waals surface area contributed by atoms with Crippen molar-refractivity contribution in [1.29, 1.82) is 0 Å². The fourth-order valence-electron chi connectivity index (χ4n) is 2.89. The van der Waals surface area contributed by atoms with Crippen LogP contribution in [0.5, 0.6) is 0 Å². The van der Waals surface area contributed by atoms with Gasteiger partial charge < -0.3 is 25.0 Å². The average Bonchev–Trinajstić information content (AvgIpc) is 2.96. The van der Waals surface area contributed by atoms with Gasteiger partial charge in [0.1, 0.15) is 0 Å². The first-order chi connectivity index (χ1) is 10.8. The van der Waals surface area contributed by atoms with Crippen LogP contribution in [0.2, 0.25) is 0 Å². The van der Waals surface area contributed by atoms with Crippen molar-refractivity contribution in [2.24, 2.45) is 4.99 Å². The van der Waals surface area contributed by atoms with Crippen molar-refractivity contribution in [3.05, 3.63) is 23.8 Å². The van der Waals surface area contributed by atoms with Gasteiger partial charge in [0, 0.05) is 26.2 Å². The number of hydrogen-bond donors (Lipinski definition) is 2. The molecule has 1 fully saturated rings. The molecule has 1 saturated heterocycles. The highest BCUT2D eigenvalue weighted by molar-refractivity contribution is 5.97. The number of aliphatic imine (C=N–C) groups is 1. The number of ether oxygens (including phenoxy) is 1. The van der Waals surface area contributed by atoms with E-state index in [2.05, 4.69) is 45.2 Å². The highest BCUT2D eigenvalue weighted by Crippen LogP contribution is 2.28. The van der Waals surface area contributed by atoms with E-state index < -0.39 is 0 Å². The number of nitrogens with zero attached hydrogens (tertiary/aromatic N) is 3. The van der Waals surface area contributed by atoms with Crippen LogP contribution in [0, 0.1) is 6.92 Å². The van der Waals surface area contributed by atoms with Gasteiger partial charge in [-0.05, 0) is 24.6 Å². The van der Waals surface area contributed by atoms with E-state index in [0.717, 1.165) is 51.0 Å². The Bertz CT molecular complexity index is 541. The molecule has 1 aromatic rings. The van der Waals surface area contributed by atoms with E-state index in [9.17, 15) is 0 Å². The molecule has 0 atom stereocenters. The van der Waals surface area contributed by atoms with Crippen molar-refractivity contribution < 1.29 is 9.84 Å². The molecule has 0 unspecified atom stereocenters. The van der Waals surface area contributed by atoms with E-state index in [-0.39, 0.29) is 6.61 Å². The summed E-state index contributed by atoms with van der Waals surface area (Å²) in [6.45, 7) is 7.85. The molecule has 0 bridgehead atoms. The van der Waals surface area contributed by atoms with Crippen LogP contribution >= 0.6 is 0 Å². The van der Waals surface area contributed by atoms with Crippen LogP contribution in [-0.2, 0) is 4.74 Å². The molecule has 0 amide bonds. The van der Waals surface area contributed by atoms with Gasteiger partial charge in [-0.25, -0.2) is 0 Å². The summed E-state index contributed by atoms with van der Waals surface area (Å²) < 4.78 is 5.45. The third-order valence-corrected chi connectivity index (χ3v) is 4.05. The highest BCUT2D eigenvalue weighted by atomic mass is 16.5. The molecule has 0 spiro atoms. The zero-order valence-electron chi connectivity index (χ0n) is 13.1. The van der Waals surface area contributed by atoms with Crippen LogP contribution in [-0.4, -0.2) is 68.5 Å². The van der Waals surface area contributed by atoms with Crippen molar-refractivity contribution in [2.45, 2.75) is 6.92 Å². The quantitative estimate of drug-likeness (QED) is 0.866. The number of aliphatic hydroxyl groups excluding tert-OH is 1. The number of aryl methyl sites for hydroxylation is 1. The molecule has 0 saturated carbocycles. The molecule has 2 N–H and O–H groups in total. The summed E-state index contributed by atoms with van der Waals surface area (Å²) in [7, 11) is 0. The maximum absolute atomic E-state index is 9.17. The van der Waals surface area contributed by atoms with Crippen LogP contribution in [0.1, 0.15) is 5.56 Å². The first-order valence-electron chi connectivity index (χ1n) is 7.88. The molecule has 22 heavy (non-hydrogen) atoms. The van der Waals surface area contributed by atoms with Gasteiger partial charge in [-0.15, -0.1) is 0 Å². The second-order valence-electron chi connectivity index (χ2n) is 5.66. The molecule has 0 radical (unpaired) electrons. The Labute approximate surface area is 131 Å². The number of β-amino-alcohol motifs (C(OH)–C–C–N with tert-alkyl or cyclic N) is 1. The number of guanidine groups is 1. The van der Waals surface area contributed by atoms with Gasteiger partial charge in [0.2, 0.25) is 0 Å². The fraction of sp³-hybridized carbons (Fsp3) is 0.562. The van der Waals surface area contributed by atoms with Crippen molar-refractivity contribution >= 4 is 17.3 Å². The second-order valence-corrected chi connectivity index (χ2v) is 5.66. The summed E-state index contributed by atoms with van der Waals surface area (Å²) in [5.41, 5.74) is 3.48. The maximum atomic E-state index is 9.17. The minimum atomic E-state index is 0.144. The fourth-order valence-corrected chi connectivity index (χ4v) is 2.89. The lowest BCUT2D eigenvalue weighted by Crippen LogP contribution is -2.38. The van der Waals surface area contributed by atoms with Crippen molar-refractivity contribution in [3.63, 3.8) is 0 Å². The lowest BCUT2D eigenvalue weighted by atomic mass is 10.1. The predicted octanol–water partition coefficient (Wildman–Crippen LogP) is 0.907. The number of hydrogen-bond acceptors (Lipinski definition) is 6. The Morgan fingerprint density at radius 3 is 2.86 bits per heavy atom. The number of morpholine rings is 1. The number of nitrogens with one attached hydrogen (secondary N) is 1. The Morgan fingerprint density at radius 2 is 2.09 bits per heavy atom. The molecular formula is C16H24N4O2. The lowest BCUT2D eigenvalue weighted by molar-refractivity contribution is 0.123. The Kier molecular flexibility index (Phi) is 4.80. The molecule has 3 rings (SSSR count). The van der Waals surface area contributed by atoms with Gasteiger partial charge in [0.25, 0.3) is 0 Å². The SMILES string of the molecule is Cc1ccc(N2CCOCC2)c(NC2=NCCN2CCO)c1. The number of aliphatic hydroxyl groups is 1. The van der Waals surface area contributed by atoms with E-state index >= 15 is 0 Å². The van der Waals surface area contributed by atoms with E-state index in [1.54, 1.807) is 0 Å². The first kappa shape index (κ1) is 15.1. The zero-order chi connectivity index (χ0) is 15.4. The molecule has 120 valence electrons. The van der Waals surface area contributed by atoms with Crippen LogP contribution in [0.3, 0.4) is 0 Å². The van der Waals surface area contributed by atoms with Crippen LogP contribution < -0.4 is 10.2 Å². The van der Waals surface area contributed by atoms with Crippen LogP contribution in [0.15, 0.2) is 23.2 Å². The van der Waals surface area contributed by atoms with Crippen LogP contribution in [0.4, 0.5) is 11.4 Å². The molecule has 2 aliphatic rings. The average molecular weight is 304 g/mol. The standard InChI is InChI=1S/C16H24N4O2/c1-13-2-3-15(19-7-10-22-11-8-19)14(12-13)18-16-17-4-5-20(16)6-9-21/h2-3,12,21H,4-11H2,1H3,(H,17,18).